The van der Waals surface area contributed by atoms with E-state index in [4.69, 9.17) is 18.0 Å². The molecule has 0 aromatic heterocycles. The van der Waals surface area contributed by atoms with E-state index in [1.54, 1.807) is 6.26 Å². The molecule has 0 saturated carbocycles. The highest BCUT2D eigenvalue weighted by Gasteiger charge is 2.07. The number of nitrogens with two attached hydrogens (primary N) is 1. The van der Waals surface area contributed by atoms with Crippen LogP contribution in [0.4, 0.5) is 5.69 Å². The molecule has 0 bridgehead atoms. The van der Waals surface area contributed by atoms with Crippen molar-refractivity contribution in [2.75, 3.05) is 17.3 Å². The number of nitrogens with one attached hydrogen (secondary N) is 1. The van der Waals surface area contributed by atoms with Gasteiger partial charge in [-0.1, -0.05) is 12.2 Å². The third kappa shape index (κ3) is 4.73. The summed E-state index contributed by atoms with van der Waals surface area (Å²) in [4.78, 5) is 0.367. The van der Waals surface area contributed by atoms with Gasteiger partial charge in [-0.05, 0) is 41.1 Å². The minimum Gasteiger partial charge on any atom is -0.389 e. The van der Waals surface area contributed by atoms with Gasteiger partial charge in [0.1, 0.15) is 4.99 Å². The zero-order valence-corrected chi connectivity index (χ0v) is 12.9. The maximum atomic E-state index is 11.1. The van der Waals surface area contributed by atoms with Gasteiger partial charge in [0.15, 0.2) is 0 Å². The fourth-order valence-electron chi connectivity index (χ4n) is 1.48. The van der Waals surface area contributed by atoms with E-state index < -0.39 is 10.8 Å². The summed E-state index contributed by atoms with van der Waals surface area (Å²) in [7, 11) is -0.801. The van der Waals surface area contributed by atoms with Gasteiger partial charge in [0, 0.05) is 44.6 Å². The first-order valence-electron chi connectivity index (χ1n) is 5.06. The van der Waals surface area contributed by atoms with Crippen LogP contribution in [0.25, 0.3) is 0 Å². The molecule has 3 N–H and O–H groups in total. The van der Waals surface area contributed by atoms with Crippen molar-refractivity contribution in [2.45, 2.75) is 13.0 Å². The van der Waals surface area contributed by atoms with E-state index in [1.165, 1.54) is 0 Å². The van der Waals surface area contributed by atoms with Crippen LogP contribution < -0.4 is 11.1 Å². The number of anilines is 1. The van der Waals surface area contributed by atoms with Crippen LogP contribution in [0.2, 0.25) is 0 Å². The zero-order valence-electron chi connectivity index (χ0n) is 9.70. The van der Waals surface area contributed by atoms with Crippen LogP contribution in [0.15, 0.2) is 22.7 Å². The van der Waals surface area contributed by atoms with Crippen LogP contribution >= 0.6 is 28.1 Å². The Balaban J connectivity index is 2.77. The molecule has 3 nitrogen and oxygen atoms in total. The summed E-state index contributed by atoms with van der Waals surface area (Å²) < 4.78 is 11.9. The molecule has 0 aliphatic heterocycles. The predicted molar refractivity (Wildman–Crippen MR) is 82.0 cm³/mol. The van der Waals surface area contributed by atoms with Gasteiger partial charge in [0.05, 0.1) is 0 Å². The summed E-state index contributed by atoms with van der Waals surface area (Å²) in [6, 6.07) is 5.85. The Kier molecular flexibility index (Phi) is 5.55. The van der Waals surface area contributed by atoms with Crippen LogP contribution in [0.3, 0.4) is 0 Å². The highest BCUT2D eigenvalue weighted by Crippen LogP contribution is 2.22. The molecule has 94 valence electrons. The molecule has 17 heavy (non-hydrogen) atoms. The van der Waals surface area contributed by atoms with Gasteiger partial charge in [0.2, 0.25) is 0 Å². The zero-order chi connectivity index (χ0) is 13.0. The second-order valence-corrected chi connectivity index (χ2v) is 6.62. The minimum absolute atomic E-state index is 0.156. The first-order chi connectivity index (χ1) is 7.90. The average molecular weight is 335 g/mol. The van der Waals surface area contributed by atoms with Gasteiger partial charge in [-0.25, -0.2) is 0 Å². The highest BCUT2D eigenvalue weighted by molar-refractivity contribution is 9.10. The summed E-state index contributed by atoms with van der Waals surface area (Å²) in [6.45, 7) is 2.00. The molecule has 1 rings (SSSR count). The van der Waals surface area contributed by atoms with Crippen molar-refractivity contribution in [1.82, 2.24) is 0 Å². The molecule has 0 aliphatic carbocycles. The first kappa shape index (κ1) is 14.6. The smallest absolute Gasteiger partial charge is 0.105 e. The van der Waals surface area contributed by atoms with E-state index in [0.717, 1.165) is 15.7 Å². The van der Waals surface area contributed by atoms with E-state index in [0.29, 0.717) is 10.7 Å². The SMILES string of the molecule is CC(CS(C)=O)Nc1ccc(C(N)=S)c(Br)c1. The Bertz CT molecular complexity index is 451. The average Bonchev–Trinajstić information content (AvgIpc) is 2.15. The molecule has 1 aromatic rings. The van der Waals surface area contributed by atoms with E-state index in [2.05, 4.69) is 21.2 Å². The summed E-state index contributed by atoms with van der Waals surface area (Å²) in [5.74, 6) is 0.620. The molecule has 0 radical (unpaired) electrons. The Labute approximate surface area is 118 Å². The molecule has 6 heteroatoms. The summed E-state index contributed by atoms with van der Waals surface area (Å²) in [6.07, 6.45) is 1.70. The van der Waals surface area contributed by atoms with Gasteiger partial charge in [0.25, 0.3) is 0 Å². The maximum Gasteiger partial charge on any atom is 0.105 e. The predicted octanol–water partition coefficient (Wildman–Crippen LogP) is 2.26. The van der Waals surface area contributed by atoms with Gasteiger partial charge < -0.3 is 11.1 Å². The molecule has 2 atom stereocenters. The van der Waals surface area contributed by atoms with E-state index in [-0.39, 0.29) is 6.04 Å². The molecule has 0 fully saturated rings. The van der Waals surface area contributed by atoms with Crippen molar-refractivity contribution in [3.05, 3.63) is 28.2 Å². The summed E-state index contributed by atoms with van der Waals surface area (Å²) in [5.41, 5.74) is 7.34. The molecule has 0 aliphatic rings. The third-order valence-electron chi connectivity index (χ3n) is 2.13. The maximum absolute atomic E-state index is 11.1. The molecule has 2 unspecified atom stereocenters. The second-order valence-electron chi connectivity index (χ2n) is 3.84. The quantitative estimate of drug-likeness (QED) is 0.811. The second kappa shape index (κ2) is 6.47. The lowest BCUT2D eigenvalue weighted by Gasteiger charge is -2.15. The molecular formula is C11H15BrN2OS2. The first-order valence-corrected chi connectivity index (χ1v) is 7.99. The van der Waals surface area contributed by atoms with E-state index in [1.807, 2.05) is 25.1 Å². The molecule has 0 heterocycles. The number of hydrogen-bond donors (Lipinski definition) is 2. The molecule has 1 aromatic carbocycles. The molecule has 0 spiro atoms. The Hall–Kier alpha value is -0.460. The van der Waals surface area contributed by atoms with Crippen molar-refractivity contribution in [2.24, 2.45) is 5.73 Å². The summed E-state index contributed by atoms with van der Waals surface area (Å²) in [5, 5.41) is 3.27. The number of hydrogen-bond acceptors (Lipinski definition) is 3. The van der Waals surface area contributed by atoms with Gasteiger partial charge in [-0.15, -0.1) is 0 Å². The lowest BCUT2D eigenvalue weighted by Crippen LogP contribution is -2.22. The highest BCUT2D eigenvalue weighted by atomic mass is 79.9. The number of halogens is 1. The fourth-order valence-corrected chi connectivity index (χ4v) is 3.17. The number of benzene rings is 1. The molecule has 0 amide bonds. The Morgan fingerprint density at radius 3 is 2.76 bits per heavy atom. The van der Waals surface area contributed by atoms with Crippen molar-refractivity contribution in [3.63, 3.8) is 0 Å². The fraction of sp³-hybridized carbons (Fsp3) is 0.364. The summed E-state index contributed by atoms with van der Waals surface area (Å²) >= 11 is 8.35. The normalized spacial score (nSPS) is 14.1. The number of thiocarbonyl (C=S) groups is 1. The van der Waals surface area contributed by atoms with Gasteiger partial charge in [-0.2, -0.15) is 0 Å². The van der Waals surface area contributed by atoms with Crippen LogP contribution in [-0.2, 0) is 10.8 Å². The van der Waals surface area contributed by atoms with Crippen LogP contribution in [0.1, 0.15) is 12.5 Å². The lowest BCUT2D eigenvalue weighted by atomic mass is 10.2. The minimum atomic E-state index is -0.801. The van der Waals surface area contributed by atoms with Crippen molar-refractivity contribution in [3.8, 4) is 0 Å². The van der Waals surface area contributed by atoms with Gasteiger partial charge in [-0.3, -0.25) is 4.21 Å². The van der Waals surface area contributed by atoms with Crippen molar-refractivity contribution in [1.29, 1.82) is 0 Å². The van der Waals surface area contributed by atoms with Gasteiger partial charge >= 0.3 is 0 Å². The van der Waals surface area contributed by atoms with Crippen molar-refractivity contribution >= 4 is 49.6 Å². The Morgan fingerprint density at radius 2 is 2.29 bits per heavy atom. The van der Waals surface area contributed by atoms with E-state index >= 15 is 0 Å². The third-order valence-corrected chi connectivity index (χ3v) is 3.98. The largest absolute Gasteiger partial charge is 0.389 e. The monoisotopic (exact) mass is 334 g/mol. The molecular weight excluding hydrogens is 320 g/mol. The van der Waals surface area contributed by atoms with E-state index in [9.17, 15) is 4.21 Å². The van der Waals surface area contributed by atoms with Crippen molar-refractivity contribution < 1.29 is 4.21 Å². The van der Waals surface area contributed by atoms with Crippen LogP contribution in [0, 0.1) is 0 Å². The van der Waals surface area contributed by atoms with Crippen LogP contribution in [0.5, 0.6) is 0 Å². The lowest BCUT2D eigenvalue weighted by molar-refractivity contribution is 0.683. The topological polar surface area (TPSA) is 55.1 Å². The Morgan fingerprint density at radius 1 is 1.65 bits per heavy atom. The number of rotatable bonds is 5. The molecule has 0 saturated heterocycles. The van der Waals surface area contributed by atoms with Crippen LogP contribution in [-0.4, -0.2) is 27.2 Å². The standard InChI is InChI=1S/C11H15BrN2OS2/c1-7(6-17(2)15)14-8-3-4-9(11(13)16)10(12)5-8/h3-5,7,14H,6H2,1-2H3,(H2,13,16).